The van der Waals surface area contributed by atoms with Gasteiger partial charge >= 0.3 is 0 Å². The Balaban J connectivity index is 1.67. The first-order valence-electron chi connectivity index (χ1n) is 9.13. The minimum Gasteiger partial charge on any atom is -0.389 e. The van der Waals surface area contributed by atoms with Gasteiger partial charge in [0.05, 0.1) is 6.10 Å². The molecule has 0 radical (unpaired) electrons. The van der Waals surface area contributed by atoms with Crippen molar-refractivity contribution in [2.45, 2.75) is 70.7 Å². The van der Waals surface area contributed by atoms with E-state index < -0.39 is 6.17 Å². The molecule has 2 nitrogen and oxygen atoms in total. The van der Waals surface area contributed by atoms with E-state index in [1.54, 1.807) is 0 Å². The molecule has 3 fully saturated rings. The van der Waals surface area contributed by atoms with Gasteiger partial charge in [-0.05, 0) is 73.0 Å². The third-order valence-corrected chi connectivity index (χ3v) is 8.24. The molecule has 0 aromatic carbocycles. The molecule has 0 aliphatic heterocycles. The van der Waals surface area contributed by atoms with Gasteiger partial charge in [-0.15, -0.1) is 0 Å². The fraction of sp³-hybridized carbons (Fsp3) is 0.895. The van der Waals surface area contributed by atoms with Gasteiger partial charge in [0.2, 0.25) is 0 Å². The van der Waals surface area contributed by atoms with E-state index in [1.807, 2.05) is 6.08 Å². The molecule has 3 heteroatoms. The molecule has 4 aliphatic carbocycles. The Bertz CT molecular complexity index is 494. The number of nitrogens with two attached hydrogens (primary N) is 1. The predicted octanol–water partition coefficient (Wildman–Crippen LogP) is 3.44. The number of hydrogen-bond donors (Lipinski definition) is 2. The first kappa shape index (κ1) is 15.1. The molecule has 0 heterocycles. The van der Waals surface area contributed by atoms with Gasteiger partial charge in [-0.1, -0.05) is 26.0 Å². The Labute approximate surface area is 133 Å². The van der Waals surface area contributed by atoms with E-state index in [4.69, 9.17) is 5.73 Å². The van der Waals surface area contributed by atoms with E-state index >= 15 is 0 Å². The van der Waals surface area contributed by atoms with Crippen LogP contribution < -0.4 is 5.73 Å². The zero-order valence-electron chi connectivity index (χ0n) is 13.8. The molecule has 0 amide bonds. The first-order valence-corrected chi connectivity index (χ1v) is 9.13. The molecule has 3 saturated carbocycles. The van der Waals surface area contributed by atoms with Crippen LogP contribution in [0.4, 0.5) is 4.39 Å². The second kappa shape index (κ2) is 4.80. The molecular formula is C19H30FNO. The van der Waals surface area contributed by atoms with Gasteiger partial charge in [0.15, 0.2) is 0 Å². The van der Waals surface area contributed by atoms with Crippen molar-refractivity contribution in [3.63, 3.8) is 0 Å². The Hall–Kier alpha value is -0.410. The number of aliphatic hydroxyl groups excluding tert-OH is 1. The number of aliphatic hydroxyl groups is 1. The SMILES string of the molecule is C[C@]12C=C[C@H](O)C[C@H]1CC[C@@H]1[C@@H]2CC[C@]2(C)[C@@H](N)[C@H](F)C[C@@H]12. The van der Waals surface area contributed by atoms with E-state index in [0.717, 1.165) is 12.8 Å². The lowest BCUT2D eigenvalue weighted by Crippen LogP contribution is -2.54. The second-order valence-corrected chi connectivity index (χ2v) is 9.00. The van der Waals surface area contributed by atoms with Gasteiger partial charge in [-0.25, -0.2) is 4.39 Å². The summed E-state index contributed by atoms with van der Waals surface area (Å²) in [5.74, 6) is 2.31. The Morgan fingerprint density at radius 1 is 1.14 bits per heavy atom. The summed E-state index contributed by atoms with van der Waals surface area (Å²) in [6.45, 7) is 4.63. The number of allylic oxidation sites excluding steroid dienone is 1. The number of rotatable bonds is 0. The van der Waals surface area contributed by atoms with Crippen LogP contribution in [0, 0.1) is 34.5 Å². The summed E-state index contributed by atoms with van der Waals surface area (Å²) >= 11 is 0. The summed E-state index contributed by atoms with van der Waals surface area (Å²) in [4.78, 5) is 0. The molecular weight excluding hydrogens is 277 g/mol. The fourth-order valence-electron chi connectivity index (χ4n) is 6.80. The van der Waals surface area contributed by atoms with Crippen LogP contribution in [0.25, 0.3) is 0 Å². The largest absolute Gasteiger partial charge is 0.389 e. The van der Waals surface area contributed by atoms with E-state index in [9.17, 15) is 9.50 Å². The maximum absolute atomic E-state index is 14.3. The van der Waals surface area contributed by atoms with E-state index in [-0.39, 0.29) is 23.0 Å². The van der Waals surface area contributed by atoms with Crippen molar-refractivity contribution in [2.24, 2.45) is 40.2 Å². The monoisotopic (exact) mass is 307 g/mol. The summed E-state index contributed by atoms with van der Waals surface area (Å²) in [6, 6.07) is -0.271. The third kappa shape index (κ3) is 1.84. The molecule has 0 spiro atoms. The molecule has 0 unspecified atom stereocenters. The van der Waals surface area contributed by atoms with Crippen molar-refractivity contribution in [2.75, 3.05) is 0 Å². The quantitative estimate of drug-likeness (QED) is 0.673. The van der Waals surface area contributed by atoms with Gasteiger partial charge in [-0.2, -0.15) is 0 Å². The van der Waals surface area contributed by atoms with Gasteiger partial charge < -0.3 is 10.8 Å². The highest BCUT2D eigenvalue weighted by atomic mass is 19.1. The lowest BCUT2D eigenvalue weighted by atomic mass is 9.46. The number of halogens is 1. The highest BCUT2D eigenvalue weighted by Crippen LogP contribution is 2.65. The predicted molar refractivity (Wildman–Crippen MR) is 85.9 cm³/mol. The third-order valence-electron chi connectivity index (χ3n) is 8.24. The number of alkyl halides is 1. The Morgan fingerprint density at radius 2 is 1.91 bits per heavy atom. The molecule has 3 N–H and O–H groups in total. The Morgan fingerprint density at radius 3 is 2.68 bits per heavy atom. The fourth-order valence-corrected chi connectivity index (χ4v) is 6.80. The molecule has 4 rings (SSSR count). The van der Waals surface area contributed by atoms with Crippen LogP contribution in [0.15, 0.2) is 12.2 Å². The molecule has 4 aliphatic rings. The lowest BCUT2D eigenvalue weighted by Gasteiger charge is -2.59. The summed E-state index contributed by atoms with van der Waals surface area (Å²) < 4.78 is 14.3. The minimum absolute atomic E-state index is 0.00166. The summed E-state index contributed by atoms with van der Waals surface area (Å²) in [5, 5.41) is 9.97. The maximum Gasteiger partial charge on any atom is 0.116 e. The van der Waals surface area contributed by atoms with Gasteiger partial charge in [0, 0.05) is 6.04 Å². The van der Waals surface area contributed by atoms with Crippen molar-refractivity contribution in [3.05, 3.63) is 12.2 Å². The maximum atomic E-state index is 14.3. The minimum atomic E-state index is -0.817. The standard InChI is InChI=1S/C19H30FNO/c1-18-7-5-12(22)9-11(18)3-4-13-14(18)6-8-19(2)15(13)10-16(20)17(19)21/h5,7,11-17,22H,3-4,6,8-10,21H2,1-2H3/t11-,12+,13-,14+,15+,16-,17+,18+,19+/m1/s1. The highest BCUT2D eigenvalue weighted by molar-refractivity contribution is 5.18. The average Bonchev–Trinajstić information content (AvgIpc) is 2.72. The molecule has 0 saturated heterocycles. The van der Waals surface area contributed by atoms with Crippen molar-refractivity contribution >= 4 is 0 Å². The molecule has 0 bridgehead atoms. The number of hydrogen-bond acceptors (Lipinski definition) is 2. The van der Waals surface area contributed by atoms with Crippen LogP contribution in [0.2, 0.25) is 0 Å². The molecule has 0 aromatic rings. The van der Waals surface area contributed by atoms with Crippen molar-refractivity contribution in [1.29, 1.82) is 0 Å². The van der Waals surface area contributed by atoms with E-state index in [0.29, 0.717) is 30.1 Å². The normalized spacial score (nSPS) is 60.5. The Kier molecular flexibility index (Phi) is 3.30. The van der Waals surface area contributed by atoms with Crippen LogP contribution in [0.5, 0.6) is 0 Å². The number of fused-ring (bicyclic) bond motifs is 5. The summed E-state index contributed by atoms with van der Waals surface area (Å²) in [7, 11) is 0. The van der Waals surface area contributed by atoms with Crippen LogP contribution in [-0.4, -0.2) is 23.4 Å². The molecule has 0 aromatic heterocycles. The zero-order chi connectivity index (χ0) is 15.7. The van der Waals surface area contributed by atoms with Gasteiger partial charge in [0.25, 0.3) is 0 Å². The van der Waals surface area contributed by atoms with Crippen LogP contribution >= 0.6 is 0 Å². The van der Waals surface area contributed by atoms with E-state index in [1.165, 1.54) is 19.3 Å². The van der Waals surface area contributed by atoms with E-state index in [2.05, 4.69) is 19.9 Å². The van der Waals surface area contributed by atoms with Crippen LogP contribution in [0.1, 0.15) is 52.4 Å². The second-order valence-electron chi connectivity index (χ2n) is 9.00. The topological polar surface area (TPSA) is 46.2 Å². The lowest BCUT2D eigenvalue weighted by molar-refractivity contribution is -0.0789. The first-order chi connectivity index (χ1) is 10.4. The van der Waals surface area contributed by atoms with Gasteiger partial charge in [-0.3, -0.25) is 0 Å². The molecule has 124 valence electrons. The van der Waals surface area contributed by atoms with Crippen LogP contribution in [-0.2, 0) is 0 Å². The molecule has 22 heavy (non-hydrogen) atoms. The van der Waals surface area contributed by atoms with Crippen molar-refractivity contribution in [1.82, 2.24) is 0 Å². The average molecular weight is 307 g/mol. The van der Waals surface area contributed by atoms with Crippen molar-refractivity contribution < 1.29 is 9.50 Å². The zero-order valence-corrected chi connectivity index (χ0v) is 13.8. The van der Waals surface area contributed by atoms with Crippen molar-refractivity contribution in [3.8, 4) is 0 Å². The van der Waals surface area contributed by atoms with Crippen LogP contribution in [0.3, 0.4) is 0 Å². The summed E-state index contributed by atoms with van der Waals surface area (Å²) in [6.07, 6.45) is 9.42. The highest BCUT2D eigenvalue weighted by Gasteiger charge is 2.61. The molecule has 9 atom stereocenters. The summed E-state index contributed by atoms with van der Waals surface area (Å²) in [5.41, 5.74) is 6.45. The van der Waals surface area contributed by atoms with Gasteiger partial charge in [0.1, 0.15) is 6.17 Å². The smallest absolute Gasteiger partial charge is 0.116 e.